The number of ether oxygens (including phenoxy) is 1. The van der Waals surface area contributed by atoms with E-state index >= 15 is 0 Å². The van der Waals surface area contributed by atoms with E-state index in [-0.39, 0.29) is 6.04 Å². The summed E-state index contributed by atoms with van der Waals surface area (Å²) in [7, 11) is 1.71. The Morgan fingerprint density at radius 3 is 2.74 bits per heavy atom. The van der Waals surface area contributed by atoms with Gasteiger partial charge in [0.1, 0.15) is 17.5 Å². The zero-order chi connectivity index (χ0) is 13.7. The molecule has 1 aliphatic carbocycles. The normalized spacial score (nSPS) is 16.2. The minimum absolute atomic E-state index is 0.242. The molecule has 2 N–H and O–H groups in total. The van der Waals surface area contributed by atoms with E-state index in [1.807, 2.05) is 6.07 Å². The lowest BCUT2D eigenvalue weighted by molar-refractivity contribution is 0.190. The van der Waals surface area contributed by atoms with E-state index < -0.39 is 0 Å². The molecule has 2 rings (SSSR count). The van der Waals surface area contributed by atoms with Crippen molar-refractivity contribution in [1.82, 2.24) is 9.97 Å². The van der Waals surface area contributed by atoms with Crippen molar-refractivity contribution >= 4 is 11.6 Å². The van der Waals surface area contributed by atoms with Crippen LogP contribution in [0, 0.1) is 0 Å². The van der Waals surface area contributed by atoms with Gasteiger partial charge in [-0.15, -0.1) is 0 Å². The quantitative estimate of drug-likeness (QED) is 0.756. The zero-order valence-electron chi connectivity index (χ0n) is 12.1. The first kappa shape index (κ1) is 14.1. The Kier molecular flexibility index (Phi) is 4.96. The van der Waals surface area contributed by atoms with Crippen molar-refractivity contribution in [2.75, 3.05) is 30.9 Å². The van der Waals surface area contributed by atoms with Crippen LogP contribution in [-0.4, -0.2) is 36.3 Å². The average Bonchev–Trinajstić information content (AvgIpc) is 3.20. The summed E-state index contributed by atoms with van der Waals surface area (Å²) in [6.45, 7) is 5.84. The van der Waals surface area contributed by atoms with E-state index in [1.165, 1.54) is 12.8 Å². The van der Waals surface area contributed by atoms with Crippen molar-refractivity contribution in [2.45, 2.75) is 45.1 Å². The molecule has 1 aliphatic rings. The molecule has 1 unspecified atom stereocenters. The van der Waals surface area contributed by atoms with Gasteiger partial charge in [-0.2, -0.15) is 0 Å². The highest BCUT2D eigenvalue weighted by Gasteiger charge is 2.27. The summed E-state index contributed by atoms with van der Waals surface area (Å²) in [6.07, 6.45) is 3.51. The molecule has 0 aliphatic heterocycles. The van der Waals surface area contributed by atoms with Gasteiger partial charge in [-0.1, -0.05) is 6.92 Å². The molecule has 5 nitrogen and oxygen atoms in total. The van der Waals surface area contributed by atoms with Gasteiger partial charge in [0, 0.05) is 31.7 Å². The number of anilines is 2. The summed E-state index contributed by atoms with van der Waals surface area (Å²) in [5, 5.41) is 6.71. The van der Waals surface area contributed by atoms with Crippen molar-refractivity contribution < 1.29 is 4.74 Å². The lowest BCUT2D eigenvalue weighted by atomic mass is 10.3. The van der Waals surface area contributed by atoms with Gasteiger partial charge in [0.05, 0.1) is 6.61 Å². The highest BCUT2D eigenvalue weighted by atomic mass is 16.5. The van der Waals surface area contributed by atoms with Crippen LogP contribution in [0.25, 0.3) is 0 Å². The minimum atomic E-state index is 0.242. The minimum Gasteiger partial charge on any atom is -0.383 e. The molecule has 1 atom stereocenters. The van der Waals surface area contributed by atoms with Crippen molar-refractivity contribution in [2.24, 2.45) is 0 Å². The molecule has 5 heteroatoms. The second-order valence-corrected chi connectivity index (χ2v) is 5.20. The van der Waals surface area contributed by atoms with Crippen molar-refractivity contribution in [3.05, 3.63) is 11.9 Å². The highest BCUT2D eigenvalue weighted by molar-refractivity contribution is 5.48. The molecule has 0 aromatic carbocycles. The number of methoxy groups -OCH3 is 1. The van der Waals surface area contributed by atoms with Gasteiger partial charge in [-0.25, -0.2) is 9.97 Å². The molecule has 0 bridgehead atoms. The Morgan fingerprint density at radius 1 is 1.37 bits per heavy atom. The van der Waals surface area contributed by atoms with Crippen LogP contribution in [0.15, 0.2) is 6.07 Å². The van der Waals surface area contributed by atoms with Crippen LogP contribution in [0.5, 0.6) is 0 Å². The second kappa shape index (κ2) is 6.70. The summed E-state index contributed by atoms with van der Waals surface area (Å²) in [4.78, 5) is 9.20. The van der Waals surface area contributed by atoms with Crippen molar-refractivity contribution in [1.29, 1.82) is 0 Å². The first-order valence-electron chi connectivity index (χ1n) is 7.11. The van der Waals surface area contributed by atoms with E-state index in [9.17, 15) is 0 Å². The van der Waals surface area contributed by atoms with Crippen molar-refractivity contribution in [3.8, 4) is 0 Å². The Morgan fingerprint density at radius 2 is 2.11 bits per heavy atom. The molecule has 1 fully saturated rings. The van der Waals surface area contributed by atoms with E-state index in [1.54, 1.807) is 7.11 Å². The molecule has 106 valence electrons. The molecular formula is C14H24N4O. The fourth-order valence-electron chi connectivity index (χ4n) is 1.95. The van der Waals surface area contributed by atoms with Gasteiger partial charge in [-0.05, 0) is 26.2 Å². The standard InChI is InChI=1S/C14H24N4O/c1-4-7-15-12-8-13(16-10(2)9-19-3)18-14(17-12)11-5-6-11/h8,10-11H,4-7,9H2,1-3H3,(H2,15,16,17,18). The Balaban J connectivity index is 2.09. The summed E-state index contributed by atoms with van der Waals surface area (Å²) in [5.41, 5.74) is 0. The maximum atomic E-state index is 5.14. The molecule has 0 saturated heterocycles. The third-order valence-electron chi connectivity index (χ3n) is 3.05. The second-order valence-electron chi connectivity index (χ2n) is 5.20. The number of nitrogens with one attached hydrogen (secondary N) is 2. The molecule has 0 radical (unpaired) electrons. The van der Waals surface area contributed by atoms with Crippen LogP contribution < -0.4 is 10.6 Å². The van der Waals surface area contributed by atoms with E-state index in [0.29, 0.717) is 12.5 Å². The number of hydrogen-bond donors (Lipinski definition) is 2. The van der Waals surface area contributed by atoms with Gasteiger partial charge in [0.25, 0.3) is 0 Å². The molecule has 0 spiro atoms. The fourth-order valence-corrected chi connectivity index (χ4v) is 1.95. The van der Waals surface area contributed by atoms with Crippen molar-refractivity contribution in [3.63, 3.8) is 0 Å². The van der Waals surface area contributed by atoms with Gasteiger partial charge in [0.15, 0.2) is 0 Å². The number of hydrogen-bond acceptors (Lipinski definition) is 5. The Hall–Kier alpha value is -1.36. The van der Waals surface area contributed by atoms with Gasteiger partial charge in [0.2, 0.25) is 0 Å². The topological polar surface area (TPSA) is 59.1 Å². The van der Waals surface area contributed by atoms with Crippen LogP contribution in [-0.2, 0) is 4.74 Å². The first-order chi connectivity index (χ1) is 9.22. The monoisotopic (exact) mass is 264 g/mol. The SMILES string of the molecule is CCCNc1cc(NC(C)COC)nc(C2CC2)n1. The lowest BCUT2D eigenvalue weighted by Crippen LogP contribution is -2.22. The molecule has 0 amide bonds. The van der Waals surface area contributed by atoms with Crippen LogP contribution in [0.1, 0.15) is 44.9 Å². The zero-order valence-corrected chi connectivity index (χ0v) is 12.1. The Bertz CT molecular complexity index is 406. The summed E-state index contributed by atoms with van der Waals surface area (Å²) < 4.78 is 5.14. The van der Waals surface area contributed by atoms with E-state index in [2.05, 4.69) is 34.4 Å². The maximum absolute atomic E-state index is 5.14. The third-order valence-corrected chi connectivity index (χ3v) is 3.05. The fraction of sp³-hybridized carbons (Fsp3) is 0.714. The maximum Gasteiger partial charge on any atom is 0.136 e. The summed E-state index contributed by atoms with van der Waals surface area (Å²) >= 11 is 0. The molecular weight excluding hydrogens is 240 g/mol. The molecule has 1 aromatic heterocycles. The number of aromatic nitrogens is 2. The van der Waals surface area contributed by atoms with Crippen LogP contribution >= 0.6 is 0 Å². The van der Waals surface area contributed by atoms with Gasteiger partial charge >= 0.3 is 0 Å². The first-order valence-corrected chi connectivity index (χ1v) is 7.11. The molecule has 1 heterocycles. The molecule has 19 heavy (non-hydrogen) atoms. The van der Waals surface area contributed by atoms with E-state index in [4.69, 9.17) is 4.74 Å². The predicted molar refractivity (Wildman–Crippen MR) is 77.7 cm³/mol. The lowest BCUT2D eigenvalue weighted by Gasteiger charge is -2.15. The van der Waals surface area contributed by atoms with E-state index in [0.717, 1.165) is 30.4 Å². The third kappa shape index (κ3) is 4.35. The molecule has 1 saturated carbocycles. The molecule has 1 aromatic rings. The summed E-state index contributed by atoms with van der Waals surface area (Å²) in [6, 6.07) is 2.22. The van der Waals surface area contributed by atoms with Gasteiger partial charge in [-0.3, -0.25) is 0 Å². The van der Waals surface area contributed by atoms with Gasteiger partial charge < -0.3 is 15.4 Å². The Labute approximate surface area is 115 Å². The van der Waals surface area contributed by atoms with Crippen LogP contribution in [0.4, 0.5) is 11.6 Å². The number of rotatable bonds is 8. The average molecular weight is 264 g/mol. The highest BCUT2D eigenvalue weighted by Crippen LogP contribution is 2.38. The van der Waals surface area contributed by atoms with Crippen LogP contribution in [0.3, 0.4) is 0 Å². The smallest absolute Gasteiger partial charge is 0.136 e. The largest absolute Gasteiger partial charge is 0.383 e. The van der Waals surface area contributed by atoms with Crippen LogP contribution in [0.2, 0.25) is 0 Å². The predicted octanol–water partition coefficient (Wildman–Crippen LogP) is 2.62. The summed E-state index contributed by atoms with van der Waals surface area (Å²) in [5.74, 6) is 3.33. The number of nitrogens with zero attached hydrogens (tertiary/aromatic N) is 2.